The molecule has 0 fully saturated rings. The van der Waals surface area contributed by atoms with Crippen molar-refractivity contribution in [3.05, 3.63) is 30.0 Å². The van der Waals surface area contributed by atoms with Gasteiger partial charge in [-0.3, -0.25) is 4.79 Å². The second-order valence-electron chi connectivity index (χ2n) is 4.43. The van der Waals surface area contributed by atoms with Crippen LogP contribution in [0.1, 0.15) is 23.8 Å². The molecule has 1 heterocycles. The van der Waals surface area contributed by atoms with Gasteiger partial charge in [-0.05, 0) is 18.6 Å². The van der Waals surface area contributed by atoms with E-state index in [2.05, 4.69) is 10.9 Å². The number of para-hydroxylation sites is 1. The predicted molar refractivity (Wildman–Crippen MR) is 77.7 cm³/mol. The molecule has 19 heavy (non-hydrogen) atoms. The molecule has 98 valence electrons. The van der Waals surface area contributed by atoms with Gasteiger partial charge >= 0.3 is 0 Å². The van der Waals surface area contributed by atoms with Crippen molar-refractivity contribution in [2.45, 2.75) is 13.3 Å². The maximum atomic E-state index is 12.4. The van der Waals surface area contributed by atoms with Gasteiger partial charge in [0.2, 0.25) is 0 Å². The van der Waals surface area contributed by atoms with Crippen molar-refractivity contribution in [2.24, 2.45) is 0 Å². The summed E-state index contributed by atoms with van der Waals surface area (Å²) in [6.45, 7) is 2.98. The zero-order valence-corrected chi connectivity index (χ0v) is 10.9. The molecule has 0 atom stereocenters. The molecule has 0 saturated heterocycles. The molecule has 1 amide bonds. The maximum Gasteiger partial charge on any atom is 0.271 e. The average Bonchev–Trinajstić information content (AvgIpc) is 2.83. The first-order valence-corrected chi connectivity index (χ1v) is 6.27. The number of H-pyrrole nitrogens is 1. The number of fused-ring (bicyclic) bond motifs is 1. The third kappa shape index (κ3) is 2.55. The Morgan fingerprint density at radius 2 is 2.32 bits per heavy atom. The summed E-state index contributed by atoms with van der Waals surface area (Å²) in [6, 6.07) is 7.40. The van der Waals surface area contributed by atoms with Crippen molar-refractivity contribution in [3.63, 3.8) is 0 Å². The molecule has 3 N–H and O–H groups in total. The number of nitrogens with two attached hydrogens (primary N) is 1. The lowest BCUT2D eigenvalue weighted by Crippen LogP contribution is -2.32. The minimum atomic E-state index is -0.0876. The van der Waals surface area contributed by atoms with Gasteiger partial charge in [-0.1, -0.05) is 25.0 Å². The van der Waals surface area contributed by atoms with Crippen LogP contribution in [0.4, 0.5) is 5.69 Å². The summed E-state index contributed by atoms with van der Waals surface area (Å²) in [5, 5.41) is 0.931. The molecule has 2 rings (SSSR count). The zero-order valence-electron chi connectivity index (χ0n) is 10.9. The number of hydrogen-bond donors (Lipinski definition) is 2. The summed E-state index contributed by atoms with van der Waals surface area (Å²) in [6.07, 6.45) is 6.17. The van der Waals surface area contributed by atoms with Crippen LogP contribution >= 0.6 is 0 Å². The second-order valence-corrected chi connectivity index (χ2v) is 4.43. The molecular formula is C15H17N3O. The fourth-order valence-electron chi connectivity index (χ4n) is 2.10. The molecule has 4 nitrogen and oxygen atoms in total. The Bertz CT molecular complexity index is 636. The van der Waals surface area contributed by atoms with E-state index in [9.17, 15) is 4.79 Å². The lowest BCUT2D eigenvalue weighted by molar-refractivity contribution is 0.0772. The second kappa shape index (κ2) is 5.49. The summed E-state index contributed by atoms with van der Waals surface area (Å²) in [5.41, 5.74) is 7.83. The third-order valence-electron chi connectivity index (χ3n) is 2.98. The maximum absolute atomic E-state index is 12.4. The number of anilines is 1. The van der Waals surface area contributed by atoms with E-state index in [1.165, 1.54) is 0 Å². The Labute approximate surface area is 112 Å². The van der Waals surface area contributed by atoms with Crippen molar-refractivity contribution in [1.29, 1.82) is 0 Å². The molecular weight excluding hydrogens is 238 g/mol. The summed E-state index contributed by atoms with van der Waals surface area (Å²) >= 11 is 0. The fraction of sp³-hybridized carbons (Fsp3) is 0.267. The lowest BCUT2D eigenvalue weighted by Gasteiger charge is -2.18. The van der Waals surface area contributed by atoms with E-state index in [0.717, 1.165) is 17.3 Å². The minimum absolute atomic E-state index is 0.0876. The highest BCUT2D eigenvalue weighted by molar-refractivity contribution is 6.00. The summed E-state index contributed by atoms with van der Waals surface area (Å²) < 4.78 is 0. The number of nitrogens with one attached hydrogen (secondary N) is 1. The largest absolute Gasteiger partial charge is 0.397 e. The van der Waals surface area contributed by atoms with Gasteiger partial charge in [0.15, 0.2) is 0 Å². The van der Waals surface area contributed by atoms with Crippen LogP contribution in [-0.2, 0) is 0 Å². The highest BCUT2D eigenvalue weighted by Crippen LogP contribution is 2.21. The molecule has 0 aliphatic rings. The number of aromatic amines is 1. The Morgan fingerprint density at radius 3 is 2.95 bits per heavy atom. The smallest absolute Gasteiger partial charge is 0.271 e. The highest BCUT2D eigenvalue weighted by atomic mass is 16.2. The number of nitrogens with zero attached hydrogens (tertiary/aromatic N) is 1. The van der Waals surface area contributed by atoms with Crippen LogP contribution in [0.15, 0.2) is 24.3 Å². The molecule has 0 spiro atoms. The molecule has 1 aromatic carbocycles. The monoisotopic (exact) mass is 255 g/mol. The number of hydrogen-bond acceptors (Lipinski definition) is 2. The van der Waals surface area contributed by atoms with E-state index in [4.69, 9.17) is 12.2 Å². The zero-order chi connectivity index (χ0) is 13.8. The SMILES string of the molecule is C#CCN(CCC)C(=O)c1cc2cccc(N)c2[nH]1. The molecule has 0 radical (unpaired) electrons. The molecule has 2 aromatic rings. The van der Waals surface area contributed by atoms with Gasteiger partial charge < -0.3 is 15.6 Å². The lowest BCUT2D eigenvalue weighted by atomic mass is 10.2. The van der Waals surface area contributed by atoms with Crippen LogP contribution in [-0.4, -0.2) is 28.9 Å². The van der Waals surface area contributed by atoms with E-state index >= 15 is 0 Å². The number of terminal acetylenes is 1. The first kappa shape index (κ1) is 13.0. The molecule has 0 bridgehead atoms. The van der Waals surface area contributed by atoms with Crippen molar-refractivity contribution >= 4 is 22.5 Å². The van der Waals surface area contributed by atoms with Gasteiger partial charge in [-0.15, -0.1) is 6.42 Å². The Kier molecular flexibility index (Phi) is 3.76. The number of aromatic nitrogens is 1. The van der Waals surface area contributed by atoms with E-state index in [-0.39, 0.29) is 5.91 Å². The van der Waals surface area contributed by atoms with Gasteiger partial charge in [0.05, 0.1) is 17.7 Å². The van der Waals surface area contributed by atoms with E-state index < -0.39 is 0 Å². The van der Waals surface area contributed by atoms with Crippen LogP contribution in [0.2, 0.25) is 0 Å². The normalized spacial score (nSPS) is 10.3. The van der Waals surface area contributed by atoms with Gasteiger partial charge in [0, 0.05) is 11.9 Å². The molecule has 0 saturated carbocycles. The van der Waals surface area contributed by atoms with Gasteiger partial charge in [0.25, 0.3) is 5.91 Å². The molecule has 0 aliphatic carbocycles. The average molecular weight is 255 g/mol. The van der Waals surface area contributed by atoms with E-state index in [1.54, 1.807) is 11.0 Å². The Morgan fingerprint density at radius 1 is 1.53 bits per heavy atom. The van der Waals surface area contributed by atoms with E-state index in [0.29, 0.717) is 24.5 Å². The molecule has 4 heteroatoms. The van der Waals surface area contributed by atoms with Gasteiger partial charge in [-0.2, -0.15) is 0 Å². The number of benzene rings is 1. The Hall–Kier alpha value is -2.41. The Balaban J connectivity index is 2.35. The van der Waals surface area contributed by atoms with Gasteiger partial charge in [-0.25, -0.2) is 0 Å². The number of rotatable bonds is 4. The van der Waals surface area contributed by atoms with Crippen LogP contribution in [0.3, 0.4) is 0 Å². The van der Waals surface area contributed by atoms with Gasteiger partial charge in [0.1, 0.15) is 5.69 Å². The molecule has 1 aromatic heterocycles. The van der Waals surface area contributed by atoms with Crippen LogP contribution in [0, 0.1) is 12.3 Å². The van der Waals surface area contributed by atoms with Crippen molar-refractivity contribution in [2.75, 3.05) is 18.8 Å². The molecule has 0 unspecified atom stereocenters. The summed E-state index contributed by atoms with van der Waals surface area (Å²) in [7, 11) is 0. The fourth-order valence-corrected chi connectivity index (χ4v) is 2.10. The van der Waals surface area contributed by atoms with E-state index in [1.807, 2.05) is 25.1 Å². The predicted octanol–water partition coefficient (Wildman–Crippen LogP) is 2.24. The topological polar surface area (TPSA) is 62.1 Å². The van der Waals surface area contributed by atoms with Crippen LogP contribution in [0.25, 0.3) is 10.9 Å². The van der Waals surface area contributed by atoms with Crippen LogP contribution < -0.4 is 5.73 Å². The van der Waals surface area contributed by atoms with Crippen molar-refractivity contribution in [3.8, 4) is 12.3 Å². The third-order valence-corrected chi connectivity index (χ3v) is 2.98. The minimum Gasteiger partial charge on any atom is -0.397 e. The van der Waals surface area contributed by atoms with Crippen molar-refractivity contribution in [1.82, 2.24) is 9.88 Å². The quantitative estimate of drug-likeness (QED) is 0.650. The molecule has 0 aliphatic heterocycles. The van der Waals surface area contributed by atoms with Crippen molar-refractivity contribution < 1.29 is 4.79 Å². The standard InChI is InChI=1S/C15H17N3O/c1-3-8-18(9-4-2)15(19)13-10-11-6-5-7-12(16)14(11)17-13/h1,5-7,10,17H,4,8-9,16H2,2H3. The number of nitrogen functional groups attached to an aromatic ring is 1. The number of amides is 1. The highest BCUT2D eigenvalue weighted by Gasteiger charge is 2.16. The summed E-state index contributed by atoms with van der Waals surface area (Å²) in [4.78, 5) is 17.1. The van der Waals surface area contributed by atoms with Crippen LogP contribution in [0.5, 0.6) is 0 Å². The number of carbonyl (C=O) groups excluding carboxylic acids is 1. The number of carbonyl (C=O) groups is 1. The first-order chi connectivity index (χ1) is 9.17. The first-order valence-electron chi connectivity index (χ1n) is 6.27. The summed E-state index contributed by atoms with van der Waals surface area (Å²) in [5.74, 6) is 2.43.